The zero-order valence-corrected chi connectivity index (χ0v) is 14.8. The van der Waals surface area contributed by atoms with E-state index in [1.807, 2.05) is 0 Å². The summed E-state index contributed by atoms with van der Waals surface area (Å²) in [7, 11) is 5.95. The maximum absolute atomic E-state index is 12.6. The SMILES string of the molecule is COc1ccc2c(=O)c(O)c(-c3cc(OC)c(OC)cc3OC)oc2c1. The van der Waals surface area contributed by atoms with Crippen LogP contribution in [-0.4, -0.2) is 33.5 Å². The van der Waals surface area contributed by atoms with Gasteiger partial charge in [0.1, 0.15) is 17.1 Å². The van der Waals surface area contributed by atoms with E-state index in [1.165, 1.54) is 34.5 Å². The first-order valence-corrected chi connectivity index (χ1v) is 7.68. The molecule has 3 aromatic rings. The maximum Gasteiger partial charge on any atom is 0.235 e. The molecule has 0 aliphatic rings. The van der Waals surface area contributed by atoms with Gasteiger partial charge >= 0.3 is 0 Å². The van der Waals surface area contributed by atoms with Crippen LogP contribution in [0.5, 0.6) is 28.7 Å². The smallest absolute Gasteiger partial charge is 0.235 e. The fourth-order valence-corrected chi connectivity index (χ4v) is 2.68. The third kappa shape index (κ3) is 2.77. The van der Waals surface area contributed by atoms with Crippen molar-refractivity contribution in [3.05, 3.63) is 40.6 Å². The van der Waals surface area contributed by atoms with E-state index in [4.69, 9.17) is 23.4 Å². The zero-order valence-electron chi connectivity index (χ0n) is 14.8. The molecule has 0 unspecified atom stereocenters. The van der Waals surface area contributed by atoms with Crippen LogP contribution in [0.2, 0.25) is 0 Å². The quantitative estimate of drug-likeness (QED) is 0.749. The summed E-state index contributed by atoms with van der Waals surface area (Å²) in [6.07, 6.45) is 0. The van der Waals surface area contributed by atoms with E-state index in [1.54, 1.807) is 24.3 Å². The number of fused-ring (bicyclic) bond motifs is 1. The molecule has 1 N–H and O–H groups in total. The lowest BCUT2D eigenvalue weighted by Crippen LogP contribution is -2.03. The molecule has 0 aliphatic heterocycles. The van der Waals surface area contributed by atoms with E-state index in [0.717, 1.165) is 0 Å². The summed E-state index contributed by atoms with van der Waals surface area (Å²) < 4.78 is 26.9. The fraction of sp³-hybridized carbons (Fsp3) is 0.211. The largest absolute Gasteiger partial charge is 0.502 e. The Kier molecular flexibility index (Phi) is 4.62. The van der Waals surface area contributed by atoms with E-state index < -0.39 is 11.2 Å². The first kappa shape index (κ1) is 17.5. The van der Waals surface area contributed by atoms with Crippen LogP contribution in [0.4, 0.5) is 0 Å². The van der Waals surface area contributed by atoms with Crippen LogP contribution in [0.3, 0.4) is 0 Å². The van der Waals surface area contributed by atoms with E-state index in [2.05, 4.69) is 0 Å². The Morgan fingerprint density at radius 3 is 2.12 bits per heavy atom. The molecular weight excluding hydrogens is 340 g/mol. The predicted molar refractivity (Wildman–Crippen MR) is 95.8 cm³/mol. The highest BCUT2D eigenvalue weighted by Gasteiger charge is 2.21. The number of hydrogen-bond donors (Lipinski definition) is 1. The third-order valence-corrected chi connectivity index (χ3v) is 4.03. The van der Waals surface area contributed by atoms with E-state index >= 15 is 0 Å². The molecule has 7 heteroatoms. The Morgan fingerprint density at radius 2 is 1.50 bits per heavy atom. The van der Waals surface area contributed by atoms with Crippen LogP contribution >= 0.6 is 0 Å². The van der Waals surface area contributed by atoms with Crippen molar-refractivity contribution in [2.45, 2.75) is 0 Å². The van der Waals surface area contributed by atoms with E-state index in [9.17, 15) is 9.90 Å². The minimum atomic E-state index is -0.555. The molecule has 0 saturated carbocycles. The van der Waals surface area contributed by atoms with Gasteiger partial charge in [-0.3, -0.25) is 4.79 Å². The van der Waals surface area contributed by atoms with Crippen LogP contribution in [0.15, 0.2) is 39.5 Å². The maximum atomic E-state index is 12.6. The van der Waals surface area contributed by atoms with Crippen molar-refractivity contribution in [1.82, 2.24) is 0 Å². The first-order chi connectivity index (χ1) is 12.5. The molecule has 3 rings (SSSR count). The molecule has 0 atom stereocenters. The van der Waals surface area contributed by atoms with Crippen LogP contribution in [0.25, 0.3) is 22.3 Å². The van der Waals surface area contributed by atoms with Crippen molar-refractivity contribution in [2.24, 2.45) is 0 Å². The molecule has 26 heavy (non-hydrogen) atoms. The van der Waals surface area contributed by atoms with Crippen molar-refractivity contribution in [3.8, 4) is 40.1 Å². The lowest BCUT2D eigenvalue weighted by molar-refractivity contribution is 0.349. The molecular formula is C19H18O7. The Balaban J connectivity index is 2.34. The highest BCUT2D eigenvalue weighted by atomic mass is 16.5. The highest BCUT2D eigenvalue weighted by Crippen LogP contribution is 2.43. The molecule has 0 radical (unpaired) electrons. The van der Waals surface area contributed by atoms with Crippen molar-refractivity contribution < 1.29 is 28.5 Å². The van der Waals surface area contributed by atoms with E-state index in [0.29, 0.717) is 28.6 Å². The Morgan fingerprint density at radius 1 is 0.846 bits per heavy atom. The topological polar surface area (TPSA) is 87.4 Å². The molecule has 2 aromatic carbocycles. The van der Waals surface area contributed by atoms with Gasteiger partial charge in [0, 0.05) is 12.1 Å². The molecule has 1 aromatic heterocycles. The summed E-state index contributed by atoms with van der Waals surface area (Å²) in [6.45, 7) is 0. The van der Waals surface area contributed by atoms with Gasteiger partial charge in [-0.2, -0.15) is 0 Å². The number of rotatable bonds is 5. The minimum Gasteiger partial charge on any atom is -0.502 e. The minimum absolute atomic E-state index is 0.0337. The molecule has 0 fully saturated rings. The molecule has 0 aliphatic carbocycles. The molecule has 0 amide bonds. The molecule has 0 bridgehead atoms. The standard InChI is InChI=1S/C19H18O7/c1-22-10-5-6-11-14(7-10)26-19(18(21)17(11)20)12-8-15(24-3)16(25-4)9-13(12)23-2/h5-9,21H,1-4H3. The van der Waals surface area contributed by atoms with Gasteiger partial charge < -0.3 is 28.5 Å². The van der Waals surface area contributed by atoms with E-state index in [-0.39, 0.29) is 16.7 Å². The Labute approximate surface area is 149 Å². The molecule has 0 spiro atoms. The summed E-state index contributed by atoms with van der Waals surface area (Å²) in [6, 6.07) is 7.89. The average Bonchev–Trinajstić information content (AvgIpc) is 2.69. The second-order valence-corrected chi connectivity index (χ2v) is 5.38. The summed E-state index contributed by atoms with van der Waals surface area (Å²) in [5, 5.41) is 10.7. The van der Waals surface area contributed by atoms with Gasteiger partial charge in [-0.05, 0) is 18.2 Å². The van der Waals surface area contributed by atoms with Gasteiger partial charge in [0.25, 0.3) is 0 Å². The number of methoxy groups -OCH3 is 4. The summed E-state index contributed by atoms with van der Waals surface area (Å²) >= 11 is 0. The summed E-state index contributed by atoms with van der Waals surface area (Å²) in [5.74, 6) is 1.16. The average molecular weight is 358 g/mol. The Hall–Kier alpha value is -3.35. The van der Waals surface area contributed by atoms with Gasteiger partial charge in [-0.15, -0.1) is 0 Å². The first-order valence-electron chi connectivity index (χ1n) is 7.68. The highest BCUT2D eigenvalue weighted by molar-refractivity contribution is 5.84. The number of aromatic hydroxyl groups is 1. The van der Waals surface area contributed by atoms with Gasteiger partial charge in [0.15, 0.2) is 17.3 Å². The van der Waals surface area contributed by atoms with Gasteiger partial charge in [-0.1, -0.05) is 0 Å². The normalized spacial score (nSPS) is 10.6. The lowest BCUT2D eigenvalue weighted by Gasteiger charge is -2.14. The monoisotopic (exact) mass is 358 g/mol. The van der Waals surface area contributed by atoms with Gasteiger partial charge in [0.2, 0.25) is 11.2 Å². The number of benzene rings is 2. The predicted octanol–water partition coefficient (Wildman–Crippen LogP) is 3.20. The molecule has 0 saturated heterocycles. The van der Waals surface area contributed by atoms with Gasteiger partial charge in [-0.25, -0.2) is 0 Å². The number of hydrogen-bond acceptors (Lipinski definition) is 7. The third-order valence-electron chi connectivity index (χ3n) is 4.03. The van der Waals surface area contributed by atoms with Crippen LogP contribution in [0.1, 0.15) is 0 Å². The number of ether oxygens (including phenoxy) is 4. The van der Waals surface area contributed by atoms with Gasteiger partial charge in [0.05, 0.1) is 39.4 Å². The van der Waals surface area contributed by atoms with Crippen LogP contribution < -0.4 is 24.4 Å². The lowest BCUT2D eigenvalue weighted by atomic mass is 10.1. The van der Waals surface area contributed by atoms with Crippen molar-refractivity contribution >= 4 is 11.0 Å². The van der Waals surface area contributed by atoms with Crippen LogP contribution in [-0.2, 0) is 0 Å². The molecule has 7 nitrogen and oxygen atoms in total. The van der Waals surface area contributed by atoms with Crippen LogP contribution in [0, 0.1) is 0 Å². The zero-order chi connectivity index (χ0) is 18.8. The molecule has 1 heterocycles. The summed E-state index contributed by atoms with van der Waals surface area (Å²) in [5.41, 5.74) is 0.0733. The van der Waals surface area contributed by atoms with Crippen molar-refractivity contribution in [3.63, 3.8) is 0 Å². The summed E-state index contributed by atoms with van der Waals surface area (Å²) in [4.78, 5) is 12.6. The fourth-order valence-electron chi connectivity index (χ4n) is 2.68. The molecule has 136 valence electrons. The Bertz CT molecular complexity index is 1020. The van der Waals surface area contributed by atoms with Crippen molar-refractivity contribution in [1.29, 1.82) is 0 Å². The second kappa shape index (κ2) is 6.87. The second-order valence-electron chi connectivity index (χ2n) is 5.38. The van der Waals surface area contributed by atoms with Crippen molar-refractivity contribution in [2.75, 3.05) is 28.4 Å².